The molecule has 0 bridgehead atoms. The summed E-state index contributed by atoms with van der Waals surface area (Å²) in [5.74, 6) is 0.834. The van der Waals surface area contributed by atoms with Crippen molar-refractivity contribution in [3.63, 3.8) is 0 Å². The van der Waals surface area contributed by atoms with Gasteiger partial charge in [-0.2, -0.15) is 0 Å². The maximum Gasteiger partial charge on any atom is 0.143 e. The molecule has 0 atom stereocenters. The number of anilines is 2. The van der Waals surface area contributed by atoms with Gasteiger partial charge >= 0.3 is 0 Å². The number of imidazole rings is 1. The van der Waals surface area contributed by atoms with Crippen molar-refractivity contribution in [2.75, 3.05) is 5.32 Å². The van der Waals surface area contributed by atoms with Crippen molar-refractivity contribution in [1.29, 1.82) is 0 Å². The van der Waals surface area contributed by atoms with Crippen LogP contribution >= 0.6 is 0 Å². The predicted molar refractivity (Wildman–Crippen MR) is 97.4 cm³/mol. The molecule has 0 saturated carbocycles. The third kappa shape index (κ3) is 1.86. The number of hydrogen-bond acceptors (Lipinski definition) is 4. The Morgan fingerprint density at radius 3 is 2.64 bits per heavy atom. The zero-order valence-electron chi connectivity index (χ0n) is 13.5. The van der Waals surface area contributed by atoms with Crippen LogP contribution in [-0.4, -0.2) is 19.6 Å². The van der Waals surface area contributed by atoms with Crippen LogP contribution in [-0.2, 0) is 0 Å². The summed E-state index contributed by atoms with van der Waals surface area (Å²) in [5, 5.41) is 23.4. The molecule has 5 nitrogen and oxygen atoms in total. The van der Waals surface area contributed by atoms with Gasteiger partial charge in [0.1, 0.15) is 28.7 Å². The topological polar surface area (TPSA) is 69.8 Å². The number of benzene rings is 2. The van der Waals surface area contributed by atoms with Crippen molar-refractivity contribution in [1.82, 2.24) is 9.38 Å². The van der Waals surface area contributed by atoms with E-state index in [0.717, 1.165) is 34.0 Å². The molecular weight excluding hydrogens is 314 g/mol. The van der Waals surface area contributed by atoms with Crippen LogP contribution in [0.1, 0.15) is 5.56 Å². The smallest absolute Gasteiger partial charge is 0.143 e. The fourth-order valence-corrected chi connectivity index (χ4v) is 3.49. The van der Waals surface area contributed by atoms with Gasteiger partial charge in [-0.05, 0) is 36.8 Å². The van der Waals surface area contributed by atoms with Crippen molar-refractivity contribution in [2.24, 2.45) is 0 Å². The molecule has 0 spiro atoms. The summed E-state index contributed by atoms with van der Waals surface area (Å²) in [7, 11) is 0. The van der Waals surface area contributed by atoms with Gasteiger partial charge in [-0.3, -0.25) is 4.40 Å². The molecule has 3 N–H and O–H groups in total. The number of phenolic OH excluding ortho intramolecular Hbond substituents is 2. The predicted octanol–water partition coefficient (Wildman–Crippen LogP) is 4.44. The van der Waals surface area contributed by atoms with Crippen LogP contribution in [0.25, 0.3) is 28.2 Å². The number of aryl methyl sites for hydroxylation is 1. The van der Waals surface area contributed by atoms with Gasteiger partial charge in [0.2, 0.25) is 0 Å². The summed E-state index contributed by atoms with van der Waals surface area (Å²) in [6.45, 7) is 2.07. The van der Waals surface area contributed by atoms with Gasteiger partial charge in [0, 0.05) is 17.2 Å². The summed E-state index contributed by atoms with van der Waals surface area (Å²) in [6.07, 6.45) is 0. The largest absolute Gasteiger partial charge is 0.508 e. The first-order chi connectivity index (χ1) is 12.1. The fourth-order valence-electron chi connectivity index (χ4n) is 3.49. The highest BCUT2D eigenvalue weighted by molar-refractivity contribution is 5.93. The van der Waals surface area contributed by atoms with Crippen LogP contribution in [0, 0.1) is 6.92 Å². The number of aromatic hydroxyl groups is 2. The Kier molecular flexibility index (Phi) is 2.65. The quantitative estimate of drug-likeness (QED) is 0.425. The minimum atomic E-state index is -0.00131. The van der Waals surface area contributed by atoms with Gasteiger partial charge in [0.05, 0.1) is 11.4 Å². The standard InChI is InChI=1S/C20H15N3O2/c1-11-4-2-5-13-15-6-3-7-17-21-19(20(23(15)17)22-18(11)13)14-9-8-12(24)10-16(14)25/h2-10,22,24-25H,1H3. The van der Waals surface area contributed by atoms with Crippen LogP contribution in [0.3, 0.4) is 0 Å². The first kappa shape index (κ1) is 13.9. The molecule has 0 radical (unpaired) electrons. The molecule has 0 amide bonds. The number of rotatable bonds is 1. The van der Waals surface area contributed by atoms with E-state index in [2.05, 4.69) is 34.8 Å². The highest BCUT2D eigenvalue weighted by Gasteiger charge is 2.25. The maximum atomic E-state index is 10.3. The van der Waals surface area contributed by atoms with E-state index in [9.17, 15) is 10.2 Å². The summed E-state index contributed by atoms with van der Waals surface area (Å²) in [6, 6.07) is 16.7. The van der Waals surface area contributed by atoms with E-state index >= 15 is 0 Å². The SMILES string of the molecule is Cc1cccc2c1Nc1c(-c3ccc(O)cc3O)nc3cccc-2n13. The lowest BCUT2D eigenvalue weighted by atomic mass is 10.0. The van der Waals surface area contributed by atoms with Crippen molar-refractivity contribution in [2.45, 2.75) is 6.92 Å². The van der Waals surface area contributed by atoms with Crippen LogP contribution in [0.5, 0.6) is 11.5 Å². The molecule has 25 heavy (non-hydrogen) atoms. The van der Waals surface area contributed by atoms with E-state index in [0.29, 0.717) is 11.3 Å². The third-order valence-electron chi connectivity index (χ3n) is 4.67. The van der Waals surface area contributed by atoms with E-state index in [1.165, 1.54) is 6.07 Å². The minimum absolute atomic E-state index is 0.00131. The van der Waals surface area contributed by atoms with Crippen molar-refractivity contribution in [3.05, 3.63) is 60.2 Å². The molecule has 0 unspecified atom stereocenters. The average Bonchev–Trinajstić information content (AvgIpc) is 2.96. The lowest BCUT2D eigenvalue weighted by molar-refractivity contribution is 0.452. The Bertz CT molecular complexity index is 1160. The molecule has 0 saturated heterocycles. The van der Waals surface area contributed by atoms with E-state index in [-0.39, 0.29) is 11.5 Å². The van der Waals surface area contributed by atoms with Crippen molar-refractivity contribution >= 4 is 17.2 Å². The number of pyridine rings is 1. The maximum absolute atomic E-state index is 10.3. The molecule has 122 valence electrons. The fraction of sp³-hybridized carbons (Fsp3) is 0.0500. The molecule has 3 heterocycles. The first-order valence-corrected chi connectivity index (χ1v) is 8.04. The van der Waals surface area contributed by atoms with Crippen molar-refractivity contribution < 1.29 is 10.2 Å². The van der Waals surface area contributed by atoms with Crippen LogP contribution in [0.15, 0.2) is 54.6 Å². The van der Waals surface area contributed by atoms with E-state index < -0.39 is 0 Å². The van der Waals surface area contributed by atoms with Gasteiger partial charge in [-0.15, -0.1) is 0 Å². The number of nitrogens with one attached hydrogen (secondary N) is 1. The lowest BCUT2D eigenvalue weighted by Gasteiger charge is -2.22. The Morgan fingerprint density at radius 1 is 0.960 bits per heavy atom. The Hall–Kier alpha value is -3.47. The van der Waals surface area contributed by atoms with Gasteiger partial charge in [-0.1, -0.05) is 24.3 Å². The molecule has 5 heteroatoms. The van der Waals surface area contributed by atoms with Crippen molar-refractivity contribution in [3.8, 4) is 34.0 Å². The summed E-state index contributed by atoms with van der Waals surface area (Å²) in [5.41, 5.74) is 6.39. The molecule has 0 fully saturated rings. The number of phenols is 2. The molecular formula is C20H15N3O2. The monoisotopic (exact) mass is 329 g/mol. The zero-order valence-corrected chi connectivity index (χ0v) is 13.5. The van der Waals surface area contributed by atoms with E-state index in [1.807, 2.05) is 18.2 Å². The highest BCUT2D eigenvalue weighted by Crippen LogP contribution is 2.44. The highest BCUT2D eigenvalue weighted by atomic mass is 16.3. The molecule has 2 aromatic heterocycles. The summed E-state index contributed by atoms with van der Waals surface area (Å²) < 4.78 is 2.06. The van der Waals surface area contributed by atoms with Crippen LogP contribution < -0.4 is 5.32 Å². The zero-order chi connectivity index (χ0) is 17.1. The Balaban J connectivity index is 1.87. The number of nitrogens with zero attached hydrogens (tertiary/aromatic N) is 2. The first-order valence-electron chi connectivity index (χ1n) is 8.04. The molecule has 1 aliphatic heterocycles. The second-order valence-corrected chi connectivity index (χ2v) is 6.24. The van der Waals surface area contributed by atoms with E-state index in [1.54, 1.807) is 12.1 Å². The van der Waals surface area contributed by atoms with Crippen LogP contribution in [0.2, 0.25) is 0 Å². The number of para-hydroxylation sites is 1. The van der Waals surface area contributed by atoms with Gasteiger partial charge in [0.25, 0.3) is 0 Å². The lowest BCUT2D eigenvalue weighted by Crippen LogP contribution is -2.08. The molecule has 0 aliphatic carbocycles. The normalized spacial score (nSPS) is 12.0. The Morgan fingerprint density at radius 2 is 1.80 bits per heavy atom. The van der Waals surface area contributed by atoms with E-state index in [4.69, 9.17) is 4.98 Å². The molecule has 4 aromatic rings. The van der Waals surface area contributed by atoms with Crippen LogP contribution in [0.4, 0.5) is 11.5 Å². The second kappa shape index (κ2) is 4.77. The summed E-state index contributed by atoms with van der Waals surface area (Å²) >= 11 is 0. The summed E-state index contributed by atoms with van der Waals surface area (Å²) in [4.78, 5) is 4.72. The van der Waals surface area contributed by atoms with Gasteiger partial charge < -0.3 is 15.5 Å². The minimum Gasteiger partial charge on any atom is -0.508 e. The molecule has 5 rings (SSSR count). The molecule has 1 aliphatic rings. The van der Waals surface area contributed by atoms with Gasteiger partial charge in [-0.25, -0.2) is 4.98 Å². The number of fused-ring (bicyclic) bond motifs is 2. The Labute approximate surface area is 143 Å². The third-order valence-corrected chi connectivity index (χ3v) is 4.67. The number of hydrogen-bond donors (Lipinski definition) is 3. The molecule has 2 aromatic carbocycles. The average molecular weight is 329 g/mol. The number of aromatic nitrogens is 2. The second-order valence-electron chi connectivity index (χ2n) is 6.24. The van der Waals surface area contributed by atoms with Gasteiger partial charge in [0.15, 0.2) is 0 Å².